The van der Waals surface area contributed by atoms with E-state index in [9.17, 15) is 9.59 Å². The number of carbonyl (C=O) groups excluding carboxylic acids is 2. The summed E-state index contributed by atoms with van der Waals surface area (Å²) in [6.45, 7) is 3.81. The van der Waals surface area contributed by atoms with Gasteiger partial charge >= 0.3 is 6.09 Å². The number of piperidine rings is 1. The Morgan fingerprint density at radius 2 is 1.74 bits per heavy atom. The minimum absolute atomic E-state index is 0.103. The van der Waals surface area contributed by atoms with Crippen molar-refractivity contribution in [2.45, 2.75) is 32.5 Å². The van der Waals surface area contributed by atoms with Crippen molar-refractivity contribution >= 4 is 22.8 Å². The molecule has 238 valence electrons. The lowest BCUT2D eigenvalue weighted by molar-refractivity contribution is 0.0744. The van der Waals surface area contributed by atoms with E-state index in [0.29, 0.717) is 50.0 Å². The monoisotopic (exact) mass is 620 g/mol. The first-order valence-corrected chi connectivity index (χ1v) is 15.7. The van der Waals surface area contributed by atoms with E-state index in [4.69, 9.17) is 14.6 Å². The molecule has 3 heterocycles. The number of fused-ring (bicyclic) bond motifs is 1. The van der Waals surface area contributed by atoms with Crippen LogP contribution in [0.25, 0.3) is 22.0 Å². The number of amides is 2. The van der Waals surface area contributed by atoms with Crippen molar-refractivity contribution in [1.29, 1.82) is 0 Å². The van der Waals surface area contributed by atoms with Gasteiger partial charge in [0, 0.05) is 52.1 Å². The summed E-state index contributed by atoms with van der Waals surface area (Å²) in [5.74, 6) is 0.301. The number of aromatic nitrogens is 4. The van der Waals surface area contributed by atoms with Gasteiger partial charge in [-0.2, -0.15) is 5.10 Å². The fraction of sp³-hybridized carbons (Fsp3) is 0.333. The highest BCUT2D eigenvalue weighted by Gasteiger charge is 2.26. The molecule has 5 aromatic rings. The number of hydrogen-bond acceptors (Lipinski definition) is 6. The Hall–Kier alpha value is -4.96. The minimum Gasteiger partial charge on any atom is -0.445 e. The van der Waals surface area contributed by atoms with E-state index in [0.717, 1.165) is 47.0 Å². The zero-order valence-corrected chi connectivity index (χ0v) is 26.4. The molecule has 1 aliphatic heterocycles. The van der Waals surface area contributed by atoms with Crippen molar-refractivity contribution in [1.82, 2.24) is 29.1 Å². The van der Waals surface area contributed by atoms with Gasteiger partial charge in [-0.15, -0.1) is 0 Å². The number of carbonyl (C=O) groups is 2. The molecule has 1 aliphatic rings. The Balaban J connectivity index is 1.15. The first-order chi connectivity index (χ1) is 22.5. The van der Waals surface area contributed by atoms with Crippen LogP contribution >= 0.6 is 0 Å². The Bertz CT molecular complexity index is 1770. The van der Waals surface area contributed by atoms with Gasteiger partial charge in [0.05, 0.1) is 36.9 Å². The van der Waals surface area contributed by atoms with Crippen molar-refractivity contribution in [2.24, 2.45) is 5.92 Å². The average molecular weight is 621 g/mol. The van der Waals surface area contributed by atoms with Crippen LogP contribution in [-0.4, -0.2) is 81.5 Å². The molecule has 2 amide bonds. The topological polar surface area (TPSA) is 94.7 Å². The number of benzene rings is 3. The van der Waals surface area contributed by atoms with Gasteiger partial charge < -0.3 is 23.8 Å². The van der Waals surface area contributed by atoms with Crippen molar-refractivity contribution in [3.8, 4) is 11.3 Å². The van der Waals surface area contributed by atoms with Gasteiger partial charge in [-0.3, -0.25) is 9.48 Å². The number of ether oxygens (including phenoxy) is 2. The Kier molecular flexibility index (Phi) is 9.73. The zero-order chi connectivity index (χ0) is 31.9. The molecule has 0 N–H and O–H groups in total. The van der Waals surface area contributed by atoms with Crippen molar-refractivity contribution in [3.05, 3.63) is 108 Å². The lowest BCUT2D eigenvalue weighted by atomic mass is 9.97. The van der Waals surface area contributed by atoms with E-state index in [1.807, 2.05) is 78.0 Å². The van der Waals surface area contributed by atoms with E-state index < -0.39 is 0 Å². The first kappa shape index (κ1) is 31.0. The Morgan fingerprint density at radius 3 is 2.54 bits per heavy atom. The van der Waals surface area contributed by atoms with E-state index in [2.05, 4.69) is 27.8 Å². The van der Waals surface area contributed by atoms with Crippen LogP contribution in [0.4, 0.5) is 4.79 Å². The molecule has 6 rings (SSSR count). The second-order valence-corrected chi connectivity index (χ2v) is 11.8. The number of likely N-dealkylation sites (N-methyl/N-ethyl adjacent to an activating group) is 1. The highest BCUT2D eigenvalue weighted by molar-refractivity contribution is 6.04. The second kappa shape index (κ2) is 14.4. The summed E-state index contributed by atoms with van der Waals surface area (Å²) in [7, 11) is 3.42. The lowest BCUT2D eigenvalue weighted by Crippen LogP contribution is -2.39. The summed E-state index contributed by atoms with van der Waals surface area (Å²) < 4.78 is 14.8. The third-order valence-corrected chi connectivity index (χ3v) is 8.67. The SMILES string of the molecule is COCCN(C)C(=O)c1cn(Cc2cncn2CC2CCN(C(=O)OCc3ccccc3)CC2)nc1-c1cccc2ccccc12. The number of imidazole rings is 1. The van der Waals surface area contributed by atoms with Gasteiger partial charge in [-0.05, 0) is 35.1 Å². The predicted octanol–water partition coefficient (Wildman–Crippen LogP) is 5.72. The molecule has 1 fully saturated rings. The quantitative estimate of drug-likeness (QED) is 0.188. The summed E-state index contributed by atoms with van der Waals surface area (Å²) in [6, 6.07) is 24.0. The predicted molar refractivity (Wildman–Crippen MR) is 176 cm³/mol. The van der Waals surface area contributed by atoms with E-state index in [1.54, 1.807) is 24.0 Å². The molecule has 1 saturated heterocycles. The van der Waals surface area contributed by atoms with E-state index >= 15 is 0 Å². The van der Waals surface area contributed by atoms with Crippen LogP contribution in [0.5, 0.6) is 0 Å². The molecule has 46 heavy (non-hydrogen) atoms. The molecule has 0 bridgehead atoms. The Labute approximate surface area is 269 Å². The van der Waals surface area contributed by atoms with Crippen LogP contribution in [0.1, 0.15) is 34.5 Å². The molecule has 0 aliphatic carbocycles. The fourth-order valence-corrected chi connectivity index (χ4v) is 6.02. The second-order valence-electron chi connectivity index (χ2n) is 11.8. The highest BCUT2D eigenvalue weighted by Crippen LogP contribution is 2.31. The molecule has 0 spiro atoms. The van der Waals surface area contributed by atoms with Crippen molar-refractivity contribution < 1.29 is 19.1 Å². The number of nitrogens with zero attached hydrogens (tertiary/aromatic N) is 6. The molecule has 10 heteroatoms. The summed E-state index contributed by atoms with van der Waals surface area (Å²) in [4.78, 5) is 34.2. The molecule has 0 radical (unpaired) electrons. The average Bonchev–Trinajstić information content (AvgIpc) is 3.72. The van der Waals surface area contributed by atoms with Crippen LogP contribution in [0, 0.1) is 5.92 Å². The standard InChI is InChI=1S/C36H40N6O4/c1-39(19-20-45-2)35(43)33-24-42(38-34(33)32-14-8-12-29-11-6-7-13-31(29)32)23-30-21-37-26-41(30)22-27-15-17-40(18-16-27)36(44)46-25-28-9-4-3-5-10-28/h3-14,21,24,26-27H,15-20,22-23,25H2,1-2H3. The summed E-state index contributed by atoms with van der Waals surface area (Å²) in [5.41, 5.74) is 4.11. The maximum atomic E-state index is 13.7. The van der Waals surface area contributed by atoms with Gasteiger partial charge in [0.2, 0.25) is 0 Å². The molecule has 3 aromatic carbocycles. The lowest BCUT2D eigenvalue weighted by Gasteiger charge is -2.31. The number of likely N-dealkylation sites (tertiary alicyclic amines) is 1. The van der Waals surface area contributed by atoms with E-state index in [1.165, 1.54) is 0 Å². The molecule has 2 aromatic heterocycles. The largest absolute Gasteiger partial charge is 0.445 e. The highest BCUT2D eigenvalue weighted by atomic mass is 16.6. The van der Waals surface area contributed by atoms with Crippen LogP contribution in [-0.2, 0) is 29.2 Å². The van der Waals surface area contributed by atoms with Crippen molar-refractivity contribution in [3.63, 3.8) is 0 Å². The molecule has 0 saturated carbocycles. The number of hydrogen-bond donors (Lipinski definition) is 0. The molecule has 0 atom stereocenters. The summed E-state index contributed by atoms with van der Waals surface area (Å²) in [6.07, 6.45) is 7.08. The van der Waals surface area contributed by atoms with Crippen LogP contribution < -0.4 is 0 Å². The van der Waals surface area contributed by atoms with Crippen molar-refractivity contribution in [2.75, 3.05) is 40.4 Å². The smallest absolute Gasteiger partial charge is 0.410 e. The Morgan fingerprint density at radius 1 is 0.978 bits per heavy atom. The third-order valence-electron chi connectivity index (χ3n) is 8.67. The zero-order valence-electron chi connectivity index (χ0n) is 26.4. The summed E-state index contributed by atoms with van der Waals surface area (Å²) >= 11 is 0. The number of rotatable bonds is 11. The minimum atomic E-state index is -0.260. The van der Waals surface area contributed by atoms with Crippen LogP contribution in [0.15, 0.2) is 91.5 Å². The molecular formula is C36H40N6O4. The number of methoxy groups -OCH3 is 1. The third kappa shape index (κ3) is 7.13. The van der Waals surface area contributed by atoms with Crippen LogP contribution in [0.2, 0.25) is 0 Å². The van der Waals surface area contributed by atoms with Gasteiger partial charge in [-0.1, -0.05) is 72.8 Å². The van der Waals surface area contributed by atoms with Gasteiger partial charge in [0.15, 0.2) is 0 Å². The molecular weight excluding hydrogens is 580 g/mol. The van der Waals surface area contributed by atoms with E-state index in [-0.39, 0.29) is 18.6 Å². The van der Waals surface area contributed by atoms with Gasteiger partial charge in [-0.25, -0.2) is 9.78 Å². The molecule has 10 nitrogen and oxygen atoms in total. The van der Waals surface area contributed by atoms with Crippen LogP contribution in [0.3, 0.4) is 0 Å². The normalized spacial score (nSPS) is 13.7. The maximum Gasteiger partial charge on any atom is 0.410 e. The fourth-order valence-electron chi connectivity index (χ4n) is 6.02. The van der Waals surface area contributed by atoms with Gasteiger partial charge in [0.25, 0.3) is 5.91 Å². The first-order valence-electron chi connectivity index (χ1n) is 15.7. The van der Waals surface area contributed by atoms with Gasteiger partial charge in [0.1, 0.15) is 12.3 Å². The maximum absolute atomic E-state index is 13.7. The molecule has 0 unspecified atom stereocenters. The summed E-state index contributed by atoms with van der Waals surface area (Å²) in [5, 5.41) is 7.12.